The van der Waals surface area contributed by atoms with Crippen LogP contribution >= 0.6 is 0 Å². The van der Waals surface area contributed by atoms with Crippen molar-refractivity contribution in [3.8, 4) is 11.5 Å². The molecule has 0 aromatic carbocycles. The number of aryl methyl sites for hydroxylation is 5. The molecule has 0 aliphatic carbocycles. The van der Waals surface area contributed by atoms with Gasteiger partial charge in [-0.2, -0.15) is 15.5 Å². The van der Waals surface area contributed by atoms with E-state index in [1.165, 1.54) is 24.7 Å². The van der Waals surface area contributed by atoms with Gasteiger partial charge in [-0.05, 0) is 34.6 Å². The summed E-state index contributed by atoms with van der Waals surface area (Å²) in [6.45, 7) is 8.37. The first-order chi connectivity index (χ1) is 17.9. The van der Waals surface area contributed by atoms with E-state index >= 15 is 0 Å². The monoisotopic (exact) mass is 630 g/mol. The molecule has 0 amide bonds. The van der Waals surface area contributed by atoms with Crippen molar-refractivity contribution in [3.63, 3.8) is 0 Å². The maximum atomic E-state index is 10.7. The van der Waals surface area contributed by atoms with E-state index in [1.54, 1.807) is 34.6 Å². The second-order valence-corrected chi connectivity index (χ2v) is 7.14. The molecule has 0 aliphatic heterocycles. The average molecular weight is 631 g/mol. The molecule has 0 radical (unpaired) electrons. The van der Waals surface area contributed by atoms with Gasteiger partial charge in [0.25, 0.3) is 11.1 Å². The predicted octanol–water partition coefficient (Wildman–Crippen LogP) is 5.19. The normalized spacial score (nSPS) is 8.02. The summed E-state index contributed by atoms with van der Waals surface area (Å²) in [7, 11) is 0. The molecule has 0 spiro atoms. The third-order valence-corrected chi connectivity index (χ3v) is 3.80. The highest BCUT2D eigenvalue weighted by atomic mass is 16.5. The van der Waals surface area contributed by atoms with Crippen LogP contribution in [0.25, 0.3) is 0 Å². The minimum absolute atomic E-state index is 0. The van der Waals surface area contributed by atoms with Crippen LogP contribution in [0.4, 0.5) is 0 Å². The number of aromatic hydroxyl groups is 2. The number of hydrogen-bond donors (Lipinski definition) is 5. The first-order valence-corrected chi connectivity index (χ1v) is 10.4. The van der Waals surface area contributed by atoms with E-state index in [0.29, 0.717) is 28.5 Å². The standard InChI is InChI=1S/2C6H6O3.2C4H5NO2.C2H4N4.6CH4/c1-4-2-9-3-5(7)6(4)8;1-4-2-5(7)6(8)3-9-4;1-3-2-7-5-4(3)6;1-3-2-4(6)5-7-3;1-2-3-5-6-4-2;;;;;;/h2-3,7H,1H3;2-3,8H,1H3;2*2H,1H3,(H,5,6);1H3,(H,3,4,5,6);6*1H4. The Morgan fingerprint density at radius 3 is 1.57 bits per heavy atom. The number of nitrogens with zero attached hydrogens (tertiary/aromatic N) is 3. The van der Waals surface area contributed by atoms with Crippen LogP contribution in [0.15, 0.2) is 74.2 Å². The van der Waals surface area contributed by atoms with Crippen molar-refractivity contribution in [2.24, 2.45) is 0 Å². The molecule has 0 aliphatic rings. The van der Waals surface area contributed by atoms with Gasteiger partial charge in [0.05, 0.1) is 11.8 Å². The zero-order valence-electron chi connectivity index (χ0n) is 21.0. The molecule has 5 N–H and O–H groups in total. The summed E-state index contributed by atoms with van der Waals surface area (Å²) in [5.74, 6) is 1.11. The van der Waals surface area contributed by atoms with Crippen LogP contribution in [-0.4, -0.2) is 41.2 Å². The molecule has 0 saturated carbocycles. The third kappa shape index (κ3) is 20.5. The second kappa shape index (κ2) is 26.5. The number of H-pyrrole nitrogens is 3. The van der Waals surface area contributed by atoms with Gasteiger partial charge in [-0.3, -0.25) is 19.2 Å². The summed E-state index contributed by atoms with van der Waals surface area (Å²) in [6, 6.07) is 2.62. The second-order valence-electron chi connectivity index (χ2n) is 7.14. The first kappa shape index (κ1) is 51.3. The van der Waals surface area contributed by atoms with Gasteiger partial charge in [-0.25, -0.2) is 0 Å². The summed E-state index contributed by atoms with van der Waals surface area (Å²) in [5, 5.41) is 34.3. The van der Waals surface area contributed by atoms with Crippen LogP contribution in [0.5, 0.6) is 11.5 Å². The fourth-order valence-corrected chi connectivity index (χ4v) is 1.90. The van der Waals surface area contributed by atoms with E-state index in [2.05, 4.69) is 48.8 Å². The van der Waals surface area contributed by atoms with Gasteiger partial charge in [0.2, 0.25) is 10.9 Å². The van der Waals surface area contributed by atoms with Gasteiger partial charge < -0.3 is 28.1 Å². The number of hydrogen-bond acceptors (Lipinski definition) is 13. The molecule has 0 atom stereocenters. The fraction of sp³-hybridized carbons (Fsp3) is 0.393. The molecule has 5 heterocycles. The molecule has 0 bridgehead atoms. The molecule has 5 aromatic rings. The van der Waals surface area contributed by atoms with Crippen LogP contribution in [0.2, 0.25) is 0 Å². The fourth-order valence-electron chi connectivity index (χ4n) is 1.90. The zero-order chi connectivity index (χ0) is 28.7. The predicted molar refractivity (Wildman–Crippen MR) is 170 cm³/mol. The van der Waals surface area contributed by atoms with Crippen LogP contribution < -0.4 is 22.0 Å². The summed E-state index contributed by atoms with van der Waals surface area (Å²) in [6.07, 6.45) is 4.71. The van der Waals surface area contributed by atoms with Crippen molar-refractivity contribution in [1.82, 2.24) is 30.9 Å². The van der Waals surface area contributed by atoms with E-state index in [9.17, 15) is 19.2 Å². The molecule has 16 heteroatoms. The third-order valence-electron chi connectivity index (χ3n) is 3.80. The lowest BCUT2D eigenvalue weighted by atomic mass is 10.3. The maximum Gasteiger partial charge on any atom is 0.282 e. The lowest BCUT2D eigenvalue weighted by Gasteiger charge is -1.88. The molecule has 252 valence electrons. The molecule has 44 heavy (non-hydrogen) atoms. The van der Waals surface area contributed by atoms with Gasteiger partial charge in [0.15, 0.2) is 17.3 Å². The van der Waals surface area contributed by atoms with Gasteiger partial charge >= 0.3 is 0 Å². The summed E-state index contributed by atoms with van der Waals surface area (Å²) in [5.41, 5.74) is -0.0903. The molecule has 0 saturated heterocycles. The molecular weight excluding hydrogens is 580 g/mol. The van der Waals surface area contributed by atoms with Crippen molar-refractivity contribution in [3.05, 3.63) is 107 Å². The van der Waals surface area contributed by atoms with Crippen LogP contribution in [0.3, 0.4) is 0 Å². The Balaban J connectivity index is -0.0000000998. The van der Waals surface area contributed by atoms with Crippen LogP contribution in [0.1, 0.15) is 73.0 Å². The Morgan fingerprint density at radius 1 is 0.705 bits per heavy atom. The van der Waals surface area contributed by atoms with E-state index in [-0.39, 0.29) is 72.6 Å². The minimum atomic E-state index is -0.404. The highest BCUT2D eigenvalue weighted by Crippen LogP contribution is 2.00. The molecule has 5 rings (SSSR count). The highest BCUT2D eigenvalue weighted by molar-refractivity contribution is 5.18. The van der Waals surface area contributed by atoms with Crippen LogP contribution in [-0.2, 0) is 0 Å². The van der Waals surface area contributed by atoms with E-state index in [0.717, 1.165) is 12.5 Å². The molecule has 0 fully saturated rings. The van der Waals surface area contributed by atoms with Crippen molar-refractivity contribution < 1.29 is 28.1 Å². The lowest BCUT2D eigenvalue weighted by Crippen LogP contribution is -2.01. The first-order valence-electron chi connectivity index (χ1n) is 10.4. The zero-order valence-corrected chi connectivity index (χ0v) is 21.0. The minimum Gasteiger partial charge on any atom is -0.502 e. The van der Waals surface area contributed by atoms with Crippen molar-refractivity contribution >= 4 is 0 Å². The number of rotatable bonds is 0. The number of aromatic amines is 3. The van der Waals surface area contributed by atoms with E-state index < -0.39 is 5.43 Å². The molecular formula is C28H50N6O10. The van der Waals surface area contributed by atoms with Gasteiger partial charge in [-0.15, -0.1) is 10.2 Å². The Hall–Kier alpha value is -5.41. The lowest BCUT2D eigenvalue weighted by molar-refractivity contribution is 0.392. The Kier molecular flexibility index (Phi) is 30.9. The number of nitrogens with one attached hydrogen (secondary N) is 3. The van der Waals surface area contributed by atoms with E-state index in [4.69, 9.17) is 10.2 Å². The maximum absolute atomic E-state index is 10.7. The summed E-state index contributed by atoms with van der Waals surface area (Å²) < 4.78 is 18.2. The number of tetrazole rings is 1. The highest BCUT2D eigenvalue weighted by Gasteiger charge is 1.97. The smallest absolute Gasteiger partial charge is 0.282 e. The Morgan fingerprint density at radius 2 is 1.32 bits per heavy atom. The Bertz CT molecular complexity index is 1570. The van der Waals surface area contributed by atoms with Crippen molar-refractivity contribution in [2.75, 3.05) is 0 Å². The van der Waals surface area contributed by atoms with Crippen LogP contribution in [0, 0.1) is 34.6 Å². The average Bonchev–Trinajstić information content (AvgIpc) is 3.60. The molecule has 0 unspecified atom stereocenters. The quantitative estimate of drug-likeness (QED) is 0.148. The molecule has 5 aromatic heterocycles. The topological polar surface area (TPSA) is 247 Å². The van der Waals surface area contributed by atoms with E-state index in [1.807, 2.05) is 0 Å². The van der Waals surface area contributed by atoms with Gasteiger partial charge in [0.1, 0.15) is 30.3 Å². The summed E-state index contributed by atoms with van der Waals surface area (Å²) >= 11 is 0. The van der Waals surface area contributed by atoms with Gasteiger partial charge in [0, 0.05) is 17.7 Å². The van der Waals surface area contributed by atoms with Gasteiger partial charge in [-0.1, -0.05) is 49.8 Å². The summed E-state index contributed by atoms with van der Waals surface area (Å²) in [4.78, 5) is 41.6. The Labute approximate surface area is 256 Å². The van der Waals surface area contributed by atoms with Crippen molar-refractivity contribution in [2.45, 2.75) is 79.2 Å². The number of aromatic nitrogens is 6. The molecule has 16 nitrogen and oxygen atoms in total. The largest absolute Gasteiger partial charge is 0.502 e. The SMILES string of the molecule is C.C.C.C.C.C.Cc1cc(=O)[nH]o1.Cc1cc(=O)c(O)co1.Cc1co[nH]c1=O.Cc1cocc(O)c1=O.Cc1nn[nH]n1. The van der Waals surface area contributed by atoms with Crippen molar-refractivity contribution in [1.29, 1.82) is 0 Å².